The van der Waals surface area contributed by atoms with E-state index in [4.69, 9.17) is 11.6 Å². The minimum absolute atomic E-state index is 0.107. The Morgan fingerprint density at radius 1 is 1.20 bits per heavy atom. The number of fused-ring (bicyclic) bond motifs is 1. The lowest BCUT2D eigenvalue weighted by atomic mass is 10.1. The fourth-order valence-corrected chi connectivity index (χ4v) is 2.87. The average Bonchev–Trinajstić information content (AvgIpc) is 2.63. The summed E-state index contributed by atoms with van der Waals surface area (Å²) in [5.74, 6) is -0.468. The van der Waals surface area contributed by atoms with Gasteiger partial charge in [0.2, 0.25) is 5.43 Å². The van der Waals surface area contributed by atoms with Crippen molar-refractivity contribution >= 4 is 28.4 Å². The third-order valence-electron chi connectivity index (χ3n) is 3.97. The monoisotopic (exact) mass is 355 g/mol. The summed E-state index contributed by atoms with van der Waals surface area (Å²) < 4.78 is 1.64. The zero-order valence-electron chi connectivity index (χ0n) is 13.8. The molecule has 0 spiro atoms. The number of aromatic nitrogens is 2. The third kappa shape index (κ3) is 3.72. The highest BCUT2D eigenvalue weighted by atomic mass is 35.5. The number of rotatable bonds is 5. The zero-order valence-corrected chi connectivity index (χ0v) is 14.6. The van der Waals surface area contributed by atoms with Gasteiger partial charge in [-0.1, -0.05) is 41.9 Å². The largest absolute Gasteiger partial charge is 0.350 e. The number of nitrogens with zero attached hydrogens (tertiary/aromatic N) is 2. The van der Waals surface area contributed by atoms with Gasteiger partial charge < -0.3 is 5.32 Å². The Hall–Kier alpha value is -2.66. The summed E-state index contributed by atoms with van der Waals surface area (Å²) in [7, 11) is 0. The molecule has 0 unspecified atom stereocenters. The number of hydrogen-bond donors (Lipinski definition) is 1. The molecule has 25 heavy (non-hydrogen) atoms. The molecule has 5 nitrogen and oxygen atoms in total. The highest BCUT2D eigenvalue weighted by molar-refractivity contribution is 6.31. The average molecular weight is 356 g/mol. The van der Waals surface area contributed by atoms with E-state index >= 15 is 0 Å². The van der Waals surface area contributed by atoms with Crippen LogP contribution < -0.4 is 10.7 Å². The van der Waals surface area contributed by atoms with Crippen molar-refractivity contribution < 1.29 is 4.79 Å². The normalized spacial score (nSPS) is 10.8. The first-order chi connectivity index (χ1) is 12.1. The van der Waals surface area contributed by atoms with Gasteiger partial charge in [0.15, 0.2) is 5.69 Å². The van der Waals surface area contributed by atoms with Crippen molar-refractivity contribution in [3.63, 3.8) is 0 Å². The van der Waals surface area contributed by atoms with Crippen molar-refractivity contribution in [2.75, 3.05) is 6.54 Å². The second-order valence-electron chi connectivity index (χ2n) is 5.65. The second-order valence-corrected chi connectivity index (χ2v) is 6.08. The molecule has 1 aromatic heterocycles. The van der Waals surface area contributed by atoms with Crippen LogP contribution in [0.2, 0.25) is 5.02 Å². The molecule has 0 aliphatic carbocycles. The van der Waals surface area contributed by atoms with Crippen LogP contribution in [0, 0.1) is 0 Å². The Kier molecular flexibility index (Phi) is 5.14. The maximum atomic E-state index is 12.6. The molecule has 0 fully saturated rings. The van der Waals surface area contributed by atoms with Gasteiger partial charge in [0, 0.05) is 18.1 Å². The van der Waals surface area contributed by atoms with Gasteiger partial charge >= 0.3 is 0 Å². The molecule has 128 valence electrons. The molecule has 0 saturated carbocycles. The Morgan fingerprint density at radius 3 is 2.68 bits per heavy atom. The summed E-state index contributed by atoms with van der Waals surface area (Å²) >= 11 is 6.00. The van der Waals surface area contributed by atoms with E-state index in [1.165, 1.54) is 0 Å². The molecule has 0 aliphatic rings. The topological polar surface area (TPSA) is 64.0 Å². The van der Waals surface area contributed by atoms with Crippen LogP contribution in [-0.4, -0.2) is 22.2 Å². The van der Waals surface area contributed by atoms with Gasteiger partial charge in [-0.25, -0.2) is 0 Å². The molecule has 1 amide bonds. The number of nitrogens with one attached hydrogen (secondary N) is 1. The van der Waals surface area contributed by atoms with Crippen LogP contribution >= 0.6 is 11.6 Å². The van der Waals surface area contributed by atoms with Gasteiger partial charge in [-0.05, 0) is 37.1 Å². The minimum atomic E-state index is -0.468. The van der Waals surface area contributed by atoms with Crippen molar-refractivity contribution in [2.45, 2.75) is 19.9 Å². The maximum Gasteiger partial charge on any atom is 0.275 e. The van der Waals surface area contributed by atoms with Crippen LogP contribution in [0.15, 0.2) is 53.3 Å². The number of amides is 1. The number of benzene rings is 2. The predicted octanol–water partition coefficient (Wildman–Crippen LogP) is 3.04. The Bertz CT molecular complexity index is 968. The first-order valence-electron chi connectivity index (χ1n) is 8.12. The van der Waals surface area contributed by atoms with Crippen molar-refractivity contribution in [3.05, 3.63) is 75.0 Å². The van der Waals surface area contributed by atoms with Gasteiger partial charge in [0.25, 0.3) is 5.91 Å². The fourth-order valence-electron chi connectivity index (χ4n) is 2.70. The van der Waals surface area contributed by atoms with Gasteiger partial charge in [0.05, 0.1) is 10.9 Å². The highest BCUT2D eigenvalue weighted by Crippen LogP contribution is 2.16. The molecule has 0 radical (unpaired) electrons. The summed E-state index contributed by atoms with van der Waals surface area (Å²) in [6.45, 7) is 2.88. The standard InChI is InChI=1S/C19H18ClN3O2/c1-2-23-16-9-8-14(20)12-15(16)18(24)17(22-23)19(25)21-11-10-13-6-4-3-5-7-13/h3-9,12H,2,10-11H2,1H3,(H,21,25). The number of halogens is 1. The maximum absolute atomic E-state index is 12.6. The molecule has 0 aliphatic heterocycles. The lowest BCUT2D eigenvalue weighted by molar-refractivity contribution is 0.0946. The van der Waals surface area contributed by atoms with E-state index in [1.807, 2.05) is 37.3 Å². The smallest absolute Gasteiger partial charge is 0.275 e. The summed E-state index contributed by atoms with van der Waals surface area (Å²) in [6.07, 6.45) is 0.688. The summed E-state index contributed by atoms with van der Waals surface area (Å²) in [5.41, 5.74) is 1.27. The lowest BCUT2D eigenvalue weighted by Gasteiger charge is -2.10. The Labute approximate surface area is 150 Å². The minimum Gasteiger partial charge on any atom is -0.350 e. The number of aryl methyl sites for hydroxylation is 1. The number of hydrogen-bond acceptors (Lipinski definition) is 3. The first-order valence-corrected chi connectivity index (χ1v) is 8.50. The van der Waals surface area contributed by atoms with E-state index in [0.29, 0.717) is 35.4 Å². The van der Waals surface area contributed by atoms with E-state index in [2.05, 4.69) is 10.4 Å². The highest BCUT2D eigenvalue weighted by Gasteiger charge is 2.17. The van der Waals surface area contributed by atoms with Crippen molar-refractivity contribution in [1.29, 1.82) is 0 Å². The van der Waals surface area contributed by atoms with Gasteiger partial charge in [-0.15, -0.1) is 0 Å². The molecule has 0 bridgehead atoms. The van der Waals surface area contributed by atoms with Crippen LogP contribution in [0.1, 0.15) is 23.0 Å². The molecule has 3 rings (SSSR count). The van der Waals surface area contributed by atoms with E-state index in [-0.39, 0.29) is 5.69 Å². The van der Waals surface area contributed by atoms with Gasteiger partial charge in [-0.3, -0.25) is 14.3 Å². The van der Waals surface area contributed by atoms with Gasteiger partial charge in [-0.2, -0.15) is 5.10 Å². The van der Waals surface area contributed by atoms with Crippen molar-refractivity contribution in [1.82, 2.24) is 15.1 Å². The molecular formula is C19H18ClN3O2. The van der Waals surface area contributed by atoms with E-state index < -0.39 is 11.3 Å². The quantitative estimate of drug-likeness (QED) is 0.765. The van der Waals surface area contributed by atoms with Crippen LogP contribution in [0.5, 0.6) is 0 Å². The summed E-state index contributed by atoms with van der Waals surface area (Å²) in [5, 5.41) is 7.85. The SMILES string of the molecule is CCn1nc(C(=O)NCCc2ccccc2)c(=O)c2cc(Cl)ccc21. The fraction of sp³-hybridized carbons (Fsp3) is 0.211. The van der Waals surface area contributed by atoms with Crippen molar-refractivity contribution in [2.24, 2.45) is 0 Å². The van der Waals surface area contributed by atoms with E-state index in [0.717, 1.165) is 5.56 Å². The number of carbonyl (C=O) groups excluding carboxylic acids is 1. The van der Waals surface area contributed by atoms with E-state index in [9.17, 15) is 9.59 Å². The molecule has 0 saturated heterocycles. The molecule has 0 atom stereocenters. The number of carbonyl (C=O) groups is 1. The van der Waals surface area contributed by atoms with Crippen LogP contribution in [-0.2, 0) is 13.0 Å². The molecule has 6 heteroatoms. The Balaban J connectivity index is 1.86. The summed E-state index contributed by atoms with van der Waals surface area (Å²) in [4.78, 5) is 25.1. The molecule has 1 N–H and O–H groups in total. The van der Waals surface area contributed by atoms with Crippen LogP contribution in [0.25, 0.3) is 10.9 Å². The molecule has 1 heterocycles. The van der Waals surface area contributed by atoms with Crippen LogP contribution in [0.3, 0.4) is 0 Å². The summed E-state index contributed by atoms with van der Waals surface area (Å²) in [6, 6.07) is 14.9. The predicted molar refractivity (Wildman–Crippen MR) is 99.2 cm³/mol. The van der Waals surface area contributed by atoms with E-state index in [1.54, 1.807) is 22.9 Å². The zero-order chi connectivity index (χ0) is 17.8. The third-order valence-corrected chi connectivity index (χ3v) is 4.21. The lowest BCUT2D eigenvalue weighted by Crippen LogP contribution is -2.33. The van der Waals surface area contributed by atoms with Gasteiger partial charge in [0.1, 0.15) is 0 Å². The van der Waals surface area contributed by atoms with Crippen LogP contribution in [0.4, 0.5) is 0 Å². The molecular weight excluding hydrogens is 338 g/mol. The molecule has 3 aromatic rings. The first kappa shape index (κ1) is 17.2. The second kappa shape index (κ2) is 7.49. The molecule has 2 aromatic carbocycles. The van der Waals surface area contributed by atoms with Crippen molar-refractivity contribution in [3.8, 4) is 0 Å². The Morgan fingerprint density at radius 2 is 1.96 bits per heavy atom.